The van der Waals surface area contributed by atoms with Crippen LogP contribution in [0.5, 0.6) is 0 Å². The van der Waals surface area contributed by atoms with Gasteiger partial charge in [-0.15, -0.1) is 0 Å². The van der Waals surface area contributed by atoms with E-state index in [2.05, 4.69) is 10.3 Å². The summed E-state index contributed by atoms with van der Waals surface area (Å²) < 4.78 is 1.78. The minimum absolute atomic E-state index is 0.0422. The lowest BCUT2D eigenvalue weighted by molar-refractivity contribution is 0.887. The Labute approximate surface area is 180 Å². The fraction of sp³-hybridized carbons (Fsp3) is 0.160. The van der Waals surface area contributed by atoms with Gasteiger partial charge in [-0.1, -0.05) is 36.4 Å². The third kappa shape index (κ3) is 3.68. The van der Waals surface area contributed by atoms with Crippen molar-refractivity contribution in [1.29, 1.82) is 5.41 Å². The van der Waals surface area contributed by atoms with Gasteiger partial charge < -0.3 is 16.5 Å². The van der Waals surface area contributed by atoms with Crippen molar-refractivity contribution in [3.8, 4) is 5.69 Å². The summed E-state index contributed by atoms with van der Waals surface area (Å²) in [6.45, 7) is 6.03. The molecule has 0 fully saturated rings. The van der Waals surface area contributed by atoms with Gasteiger partial charge in [-0.05, 0) is 55.5 Å². The predicted molar refractivity (Wildman–Crippen MR) is 127 cm³/mol. The van der Waals surface area contributed by atoms with Gasteiger partial charge >= 0.3 is 0 Å². The maximum absolute atomic E-state index is 13.6. The van der Waals surface area contributed by atoms with Crippen LogP contribution in [0.4, 0.5) is 11.5 Å². The van der Waals surface area contributed by atoms with Crippen LogP contribution < -0.4 is 16.6 Å². The van der Waals surface area contributed by atoms with Crippen LogP contribution in [0.15, 0.2) is 65.6 Å². The normalized spacial score (nSPS) is 10.9. The van der Waals surface area contributed by atoms with Gasteiger partial charge in [0.15, 0.2) is 0 Å². The molecule has 0 unspecified atom stereocenters. The molecule has 6 nitrogen and oxygen atoms in total. The molecule has 0 saturated heterocycles. The number of pyridine rings is 2. The van der Waals surface area contributed by atoms with Gasteiger partial charge in [0.05, 0.1) is 23.2 Å². The van der Waals surface area contributed by atoms with Crippen molar-refractivity contribution in [2.45, 2.75) is 27.3 Å². The van der Waals surface area contributed by atoms with Crippen LogP contribution in [0.25, 0.3) is 16.5 Å². The molecule has 4 rings (SSSR count). The molecule has 156 valence electrons. The molecule has 6 heteroatoms. The zero-order valence-electron chi connectivity index (χ0n) is 17.9. The van der Waals surface area contributed by atoms with Crippen molar-refractivity contribution in [2.24, 2.45) is 0 Å². The van der Waals surface area contributed by atoms with E-state index < -0.39 is 0 Å². The standard InChI is InChI=1S/C25H25N5O/c1-15-7-4-5-10-21(15)30-19(13-18-9-6-8-16(2)22(18)25(30)31)14-29-20-11-12-28-24(27)23(20)17(3)26/h4-13,26H,14H2,1-3H3,(H3,27,28,29). The highest BCUT2D eigenvalue weighted by Crippen LogP contribution is 2.24. The number of benzene rings is 2. The lowest BCUT2D eigenvalue weighted by Crippen LogP contribution is -2.25. The molecule has 4 aromatic rings. The van der Waals surface area contributed by atoms with E-state index >= 15 is 0 Å². The number of rotatable bonds is 5. The highest BCUT2D eigenvalue weighted by atomic mass is 16.1. The molecule has 2 heterocycles. The minimum Gasteiger partial charge on any atom is -0.383 e. The summed E-state index contributed by atoms with van der Waals surface area (Å²) in [5, 5.41) is 13.1. The summed E-state index contributed by atoms with van der Waals surface area (Å²) in [4.78, 5) is 17.7. The third-order valence-corrected chi connectivity index (χ3v) is 5.50. The summed E-state index contributed by atoms with van der Waals surface area (Å²) in [5.74, 6) is 0.308. The summed E-state index contributed by atoms with van der Waals surface area (Å²) in [5.41, 5.74) is 11.2. The molecule has 2 aromatic heterocycles. The Balaban J connectivity index is 1.90. The van der Waals surface area contributed by atoms with Crippen LogP contribution in [0.3, 0.4) is 0 Å². The Kier molecular flexibility index (Phi) is 5.29. The Hall–Kier alpha value is -3.93. The van der Waals surface area contributed by atoms with Crippen molar-refractivity contribution in [2.75, 3.05) is 11.1 Å². The zero-order chi connectivity index (χ0) is 22.1. The molecule has 0 radical (unpaired) electrons. The number of aryl methyl sites for hydroxylation is 2. The number of hydrogen-bond donors (Lipinski definition) is 3. The second-order valence-electron chi connectivity index (χ2n) is 7.70. The highest BCUT2D eigenvalue weighted by molar-refractivity contribution is 6.05. The molecule has 0 saturated carbocycles. The molecule has 0 aliphatic heterocycles. The number of hydrogen-bond acceptors (Lipinski definition) is 5. The molecule has 4 N–H and O–H groups in total. The van der Waals surface area contributed by atoms with Gasteiger partial charge in [-0.25, -0.2) is 4.98 Å². The van der Waals surface area contributed by atoms with Crippen LogP contribution in [0, 0.1) is 19.3 Å². The van der Waals surface area contributed by atoms with Crippen LogP contribution in [-0.2, 0) is 6.54 Å². The molecule has 0 aliphatic rings. The largest absolute Gasteiger partial charge is 0.383 e. The number of aromatic nitrogens is 2. The van der Waals surface area contributed by atoms with Gasteiger partial charge in [-0.2, -0.15) is 0 Å². The Morgan fingerprint density at radius 1 is 1.10 bits per heavy atom. The SMILES string of the molecule is CC(=N)c1c(NCc2cc3cccc(C)c3c(=O)n2-c2ccccc2C)ccnc1N. The molecule has 0 aliphatic carbocycles. The van der Waals surface area contributed by atoms with Gasteiger partial charge in [0.1, 0.15) is 5.82 Å². The Morgan fingerprint density at radius 3 is 2.58 bits per heavy atom. The van der Waals surface area contributed by atoms with Crippen molar-refractivity contribution < 1.29 is 0 Å². The molecule has 0 amide bonds. The number of nitrogens with one attached hydrogen (secondary N) is 2. The van der Waals surface area contributed by atoms with E-state index in [-0.39, 0.29) is 5.56 Å². The number of fused-ring (bicyclic) bond motifs is 1. The smallest absolute Gasteiger partial charge is 0.263 e. The van der Waals surface area contributed by atoms with Crippen LogP contribution in [0.1, 0.15) is 29.3 Å². The second-order valence-corrected chi connectivity index (χ2v) is 7.70. The first-order chi connectivity index (χ1) is 14.9. The molecule has 31 heavy (non-hydrogen) atoms. The molecule has 0 bridgehead atoms. The van der Waals surface area contributed by atoms with E-state index in [1.54, 1.807) is 23.8 Å². The minimum atomic E-state index is -0.0422. The van der Waals surface area contributed by atoms with Gasteiger partial charge in [-0.3, -0.25) is 9.36 Å². The number of para-hydroxylation sites is 1. The van der Waals surface area contributed by atoms with Crippen molar-refractivity contribution in [3.05, 3.63) is 93.5 Å². The van der Waals surface area contributed by atoms with E-state index in [4.69, 9.17) is 11.1 Å². The summed E-state index contributed by atoms with van der Waals surface area (Å²) in [6, 6.07) is 17.6. The first-order valence-electron chi connectivity index (χ1n) is 10.1. The van der Waals surface area contributed by atoms with Crippen LogP contribution in [0.2, 0.25) is 0 Å². The lowest BCUT2D eigenvalue weighted by Gasteiger charge is -2.19. The van der Waals surface area contributed by atoms with E-state index in [0.29, 0.717) is 29.3 Å². The molecular formula is C25H25N5O. The van der Waals surface area contributed by atoms with Gasteiger partial charge in [0, 0.05) is 23.3 Å². The maximum Gasteiger partial charge on any atom is 0.263 e. The lowest BCUT2D eigenvalue weighted by atomic mass is 10.0. The topological polar surface area (TPSA) is 96.8 Å². The number of anilines is 2. The number of nitrogen functional groups attached to an aromatic ring is 1. The van der Waals surface area contributed by atoms with Crippen molar-refractivity contribution >= 4 is 28.0 Å². The Bertz CT molecular complexity index is 1370. The monoisotopic (exact) mass is 411 g/mol. The first-order valence-corrected chi connectivity index (χ1v) is 10.1. The summed E-state index contributed by atoms with van der Waals surface area (Å²) >= 11 is 0. The van der Waals surface area contributed by atoms with E-state index in [1.807, 2.05) is 62.4 Å². The van der Waals surface area contributed by atoms with Crippen LogP contribution in [-0.4, -0.2) is 15.3 Å². The van der Waals surface area contributed by atoms with Crippen molar-refractivity contribution in [1.82, 2.24) is 9.55 Å². The van der Waals surface area contributed by atoms with E-state index in [0.717, 1.165) is 33.3 Å². The molecule has 2 aromatic carbocycles. The van der Waals surface area contributed by atoms with E-state index in [9.17, 15) is 4.79 Å². The maximum atomic E-state index is 13.6. The first kappa shape index (κ1) is 20.3. The van der Waals surface area contributed by atoms with Crippen LogP contribution >= 0.6 is 0 Å². The molecular weight excluding hydrogens is 386 g/mol. The highest BCUT2D eigenvalue weighted by Gasteiger charge is 2.15. The average Bonchev–Trinajstić information content (AvgIpc) is 2.73. The van der Waals surface area contributed by atoms with E-state index in [1.165, 1.54) is 0 Å². The Morgan fingerprint density at radius 2 is 1.84 bits per heavy atom. The zero-order valence-corrected chi connectivity index (χ0v) is 17.9. The predicted octanol–water partition coefficient (Wildman–Crippen LogP) is 4.58. The molecule has 0 atom stereocenters. The van der Waals surface area contributed by atoms with Crippen molar-refractivity contribution in [3.63, 3.8) is 0 Å². The summed E-state index contributed by atoms with van der Waals surface area (Å²) in [6.07, 6.45) is 1.61. The number of nitrogens with zero attached hydrogens (tertiary/aromatic N) is 2. The van der Waals surface area contributed by atoms with Gasteiger partial charge in [0.25, 0.3) is 5.56 Å². The fourth-order valence-electron chi connectivity index (χ4n) is 4.00. The average molecular weight is 412 g/mol. The summed E-state index contributed by atoms with van der Waals surface area (Å²) in [7, 11) is 0. The quantitative estimate of drug-likeness (QED) is 0.419. The fourth-order valence-corrected chi connectivity index (χ4v) is 4.00. The number of nitrogens with two attached hydrogens (primary N) is 1. The third-order valence-electron chi connectivity index (χ3n) is 5.50. The second kappa shape index (κ2) is 8.07. The molecule has 0 spiro atoms. The van der Waals surface area contributed by atoms with Gasteiger partial charge in [0.2, 0.25) is 0 Å².